The van der Waals surface area contributed by atoms with Crippen molar-refractivity contribution in [2.75, 3.05) is 9.80 Å². The van der Waals surface area contributed by atoms with Crippen LogP contribution in [-0.4, -0.2) is 6.71 Å². The van der Waals surface area contributed by atoms with Crippen LogP contribution in [0.5, 0.6) is 11.5 Å². The van der Waals surface area contributed by atoms with Crippen LogP contribution < -0.4 is 46.8 Å². The van der Waals surface area contributed by atoms with Crippen LogP contribution in [0, 0.1) is 0 Å². The number of nitrogens with zero attached hydrogens (tertiary/aromatic N) is 2. The molecule has 0 amide bonds. The van der Waals surface area contributed by atoms with Gasteiger partial charge in [0, 0.05) is 43.6 Å². The molecule has 1 aromatic heterocycles. The van der Waals surface area contributed by atoms with Gasteiger partial charge in [0.2, 0.25) is 0 Å². The Morgan fingerprint density at radius 1 is 0.492 bits per heavy atom. The first-order valence-corrected chi connectivity index (χ1v) is 23.9. The van der Waals surface area contributed by atoms with Crippen molar-refractivity contribution < 1.29 is 9.30 Å². The maximum atomic E-state index is 16.7. The summed E-state index contributed by atoms with van der Waals surface area (Å²) < 4.78 is 24.2. The smallest absolute Gasteiger partial charge is 0.261 e. The van der Waals surface area contributed by atoms with E-state index in [1.54, 1.807) is 0 Å². The molecule has 0 aliphatic carbocycles. The third kappa shape index (κ3) is 4.30. The third-order valence-electron chi connectivity index (χ3n) is 13.3. The molecule has 284 valence electrons. The molecule has 4 aliphatic rings. The Labute approximate surface area is 354 Å². The summed E-state index contributed by atoms with van der Waals surface area (Å²) in [6.07, 6.45) is 0. The van der Waals surface area contributed by atoms with Crippen LogP contribution in [0.2, 0.25) is 0 Å². The van der Waals surface area contributed by atoms with Gasteiger partial charge in [0.05, 0.1) is 16.7 Å². The number of ether oxygens (including phenoxy) is 1. The van der Waals surface area contributed by atoms with Crippen LogP contribution in [-0.2, 0) is 4.57 Å². The van der Waals surface area contributed by atoms with Crippen molar-refractivity contribution in [2.45, 2.75) is 0 Å². The standard InChI is InChI=1S/C54H33BN2O2P2/c58-61(37-24-11-4-12-25-37)47-31-16-14-27-39(47)41-33-45-50-52(54(41)61)57(35-20-7-2-8-21-35)43-29-17-28-42-48(43)55(50)49-44(59-45)32-40-38-26-13-15-30-46(38)60(36-22-9-3-10-23-36)53(40)51(49)56(42)34-18-5-1-6-19-34/h1-33H. The summed E-state index contributed by atoms with van der Waals surface area (Å²) in [4.78, 5) is 4.93. The van der Waals surface area contributed by atoms with E-state index in [1.807, 2.05) is 24.3 Å². The maximum absolute atomic E-state index is 16.7. The fourth-order valence-corrected chi connectivity index (χ4v) is 17.0. The molecule has 5 heterocycles. The molecule has 0 bridgehead atoms. The molecule has 9 aromatic carbocycles. The van der Waals surface area contributed by atoms with E-state index in [9.17, 15) is 0 Å². The van der Waals surface area contributed by atoms with Crippen LogP contribution >= 0.6 is 14.7 Å². The van der Waals surface area contributed by atoms with Crippen LogP contribution in [0.1, 0.15) is 0 Å². The summed E-state index contributed by atoms with van der Waals surface area (Å²) in [5.41, 5.74) is 12.0. The minimum Gasteiger partial charge on any atom is -0.458 e. The van der Waals surface area contributed by atoms with Crippen molar-refractivity contribution in [3.63, 3.8) is 0 Å². The van der Waals surface area contributed by atoms with Gasteiger partial charge in [0.25, 0.3) is 6.71 Å². The average molecular weight is 815 g/mol. The quantitative estimate of drug-likeness (QED) is 0.131. The molecule has 0 saturated carbocycles. The monoisotopic (exact) mass is 814 g/mol. The van der Waals surface area contributed by atoms with E-state index < -0.39 is 14.7 Å². The molecule has 7 heteroatoms. The van der Waals surface area contributed by atoms with Gasteiger partial charge in [0.1, 0.15) is 11.5 Å². The van der Waals surface area contributed by atoms with Crippen LogP contribution in [0.15, 0.2) is 200 Å². The zero-order valence-electron chi connectivity index (χ0n) is 32.7. The Morgan fingerprint density at radius 2 is 1.07 bits per heavy atom. The fraction of sp³-hybridized carbons (Fsp3) is 0. The van der Waals surface area contributed by atoms with Crippen molar-refractivity contribution in [3.05, 3.63) is 200 Å². The normalized spacial score (nSPS) is 16.3. The molecule has 0 N–H and O–H groups in total. The Kier molecular flexibility index (Phi) is 6.80. The lowest BCUT2D eigenvalue weighted by Crippen LogP contribution is -2.64. The molecule has 10 aromatic rings. The Morgan fingerprint density at radius 3 is 1.79 bits per heavy atom. The van der Waals surface area contributed by atoms with Gasteiger partial charge in [-0.2, -0.15) is 0 Å². The Balaban J connectivity index is 1.19. The fourth-order valence-electron chi connectivity index (χ4n) is 11.0. The second-order valence-corrected chi connectivity index (χ2v) is 21.1. The zero-order valence-corrected chi connectivity index (χ0v) is 34.5. The minimum atomic E-state index is -3.41. The first kappa shape index (κ1) is 33.8. The molecular weight excluding hydrogens is 781 g/mol. The summed E-state index contributed by atoms with van der Waals surface area (Å²) in [5.74, 6) is 1.70. The van der Waals surface area contributed by atoms with E-state index in [0.717, 1.165) is 72.4 Å². The van der Waals surface area contributed by atoms with Gasteiger partial charge in [0.15, 0.2) is 7.14 Å². The number of para-hydroxylation sites is 2. The van der Waals surface area contributed by atoms with Gasteiger partial charge in [-0.05, 0) is 92.1 Å². The SMILES string of the molecule is O=P1(c2ccccc2)c2ccccc2-c2cc3c4c(c21)N(c1ccccc1)c1cccc2c1B4c1c(cc4c5ccccc5p(-c5ccccc5)c4c1N2c1ccccc1)O3. The summed E-state index contributed by atoms with van der Waals surface area (Å²) in [5, 5.41) is 9.13. The number of fused-ring (bicyclic) bond motifs is 8. The Hall–Kier alpha value is -7.03. The highest BCUT2D eigenvalue weighted by molar-refractivity contribution is 7.86. The van der Waals surface area contributed by atoms with Crippen LogP contribution in [0.25, 0.3) is 37.4 Å². The lowest BCUT2D eigenvalue weighted by Gasteiger charge is -2.47. The molecule has 4 aliphatic heterocycles. The highest BCUT2D eigenvalue weighted by Gasteiger charge is 2.54. The molecule has 0 spiro atoms. The van der Waals surface area contributed by atoms with Gasteiger partial charge in [-0.3, -0.25) is 0 Å². The van der Waals surface area contributed by atoms with E-state index in [4.69, 9.17) is 4.74 Å². The lowest BCUT2D eigenvalue weighted by atomic mass is 9.32. The van der Waals surface area contributed by atoms with E-state index in [2.05, 4.69) is 186 Å². The summed E-state index contributed by atoms with van der Waals surface area (Å²) in [7, 11) is -4.36. The van der Waals surface area contributed by atoms with Crippen molar-refractivity contribution in [3.8, 4) is 27.9 Å². The molecule has 14 rings (SSSR count). The number of anilines is 6. The molecule has 2 atom stereocenters. The molecular formula is C54H33BN2O2P2. The van der Waals surface area contributed by atoms with Crippen molar-refractivity contribution in [2.24, 2.45) is 0 Å². The summed E-state index contributed by atoms with van der Waals surface area (Å²) in [6.45, 7) is -0.185. The summed E-state index contributed by atoms with van der Waals surface area (Å²) in [6, 6.07) is 71.4. The van der Waals surface area contributed by atoms with Gasteiger partial charge in [-0.25, -0.2) is 0 Å². The molecule has 61 heavy (non-hydrogen) atoms. The van der Waals surface area contributed by atoms with Crippen LogP contribution in [0.3, 0.4) is 0 Å². The molecule has 4 nitrogen and oxygen atoms in total. The highest BCUT2D eigenvalue weighted by atomic mass is 31.2. The maximum Gasteiger partial charge on any atom is 0.261 e. The first-order chi connectivity index (χ1) is 30.2. The summed E-state index contributed by atoms with van der Waals surface area (Å²) >= 11 is 0. The van der Waals surface area contributed by atoms with E-state index in [0.29, 0.717) is 0 Å². The molecule has 2 unspecified atom stereocenters. The predicted octanol–water partition coefficient (Wildman–Crippen LogP) is 11.8. The number of rotatable bonds is 4. The second kappa shape index (κ2) is 12.3. The van der Waals surface area contributed by atoms with Gasteiger partial charge in [-0.15, -0.1) is 0 Å². The van der Waals surface area contributed by atoms with Crippen molar-refractivity contribution in [1.29, 1.82) is 0 Å². The van der Waals surface area contributed by atoms with E-state index >= 15 is 4.57 Å². The van der Waals surface area contributed by atoms with Crippen molar-refractivity contribution >= 4 is 109 Å². The topological polar surface area (TPSA) is 32.8 Å². The molecule has 0 saturated heterocycles. The lowest BCUT2D eigenvalue weighted by molar-refractivity contribution is 0.488. The third-order valence-corrected chi connectivity index (χ3v) is 19.1. The van der Waals surface area contributed by atoms with Gasteiger partial charge in [-0.1, -0.05) is 159 Å². The number of hydrogen-bond donors (Lipinski definition) is 0. The number of hydrogen-bond acceptors (Lipinski definition) is 4. The molecule has 0 fully saturated rings. The van der Waals surface area contributed by atoms with Crippen LogP contribution in [0.4, 0.5) is 34.1 Å². The average Bonchev–Trinajstić information content (AvgIpc) is 3.79. The van der Waals surface area contributed by atoms with Crippen molar-refractivity contribution in [1.82, 2.24) is 0 Å². The zero-order chi connectivity index (χ0) is 40.0. The van der Waals surface area contributed by atoms with Gasteiger partial charge < -0.3 is 19.1 Å². The Bertz CT molecular complexity index is 3560. The number of benzene rings is 9. The van der Waals surface area contributed by atoms with E-state index in [1.165, 1.54) is 42.9 Å². The highest BCUT2D eigenvalue weighted by Crippen LogP contribution is 2.63. The largest absolute Gasteiger partial charge is 0.458 e. The molecule has 0 radical (unpaired) electrons. The predicted molar refractivity (Wildman–Crippen MR) is 258 cm³/mol. The first-order valence-electron chi connectivity index (χ1n) is 20.8. The minimum absolute atomic E-state index is 0.185. The second-order valence-electron chi connectivity index (χ2n) is 16.3. The van der Waals surface area contributed by atoms with E-state index in [-0.39, 0.29) is 6.71 Å². The van der Waals surface area contributed by atoms with Gasteiger partial charge >= 0.3 is 0 Å².